The molecule has 130 valence electrons. The van der Waals surface area contributed by atoms with Crippen molar-refractivity contribution in [3.63, 3.8) is 0 Å². The van der Waals surface area contributed by atoms with Crippen molar-refractivity contribution in [2.24, 2.45) is 0 Å². The summed E-state index contributed by atoms with van der Waals surface area (Å²) in [6, 6.07) is 30.8. The van der Waals surface area contributed by atoms with Crippen LogP contribution in [-0.4, -0.2) is 8.80 Å². The van der Waals surface area contributed by atoms with E-state index >= 15 is 0 Å². The molecule has 0 heterocycles. The van der Waals surface area contributed by atoms with Gasteiger partial charge in [0.05, 0.1) is 12.1 Å². The van der Waals surface area contributed by atoms with Crippen molar-refractivity contribution in [3.05, 3.63) is 91.0 Å². The first kappa shape index (κ1) is 17.6. The fraction of sp³-hybridized carbons (Fsp3) is 0.0952. The summed E-state index contributed by atoms with van der Waals surface area (Å²) in [5.41, 5.74) is 0. The smallest absolute Gasteiger partial charge is 0.483 e. The first-order valence-electron chi connectivity index (χ1n) is 8.39. The van der Waals surface area contributed by atoms with Gasteiger partial charge in [0.25, 0.3) is 0 Å². The SMILES string of the molecule is N#CCC[Si](Oc1ccccc1)(Oc1ccccc1)Oc1ccccc1. The van der Waals surface area contributed by atoms with Crippen LogP contribution in [0.4, 0.5) is 0 Å². The molecule has 0 aliphatic carbocycles. The molecule has 0 amide bonds. The summed E-state index contributed by atoms with van der Waals surface area (Å²) in [4.78, 5) is 0. The second-order valence-electron chi connectivity index (χ2n) is 5.59. The monoisotopic (exact) mass is 361 g/mol. The fourth-order valence-corrected chi connectivity index (χ4v) is 4.76. The molecule has 0 aromatic heterocycles. The van der Waals surface area contributed by atoms with Gasteiger partial charge < -0.3 is 13.3 Å². The Labute approximate surface area is 154 Å². The molecule has 0 atom stereocenters. The maximum atomic E-state index is 9.13. The highest BCUT2D eigenvalue weighted by molar-refractivity contribution is 6.63. The Morgan fingerprint density at radius 1 is 0.615 bits per heavy atom. The summed E-state index contributed by atoms with van der Waals surface area (Å²) in [6.45, 7) is 0. The minimum atomic E-state index is -3.26. The minimum absolute atomic E-state index is 0.277. The molecule has 0 unspecified atom stereocenters. The summed E-state index contributed by atoms with van der Waals surface area (Å²) in [5.74, 6) is 1.97. The lowest BCUT2D eigenvalue weighted by molar-refractivity contribution is 0.261. The molecule has 0 radical (unpaired) electrons. The van der Waals surface area contributed by atoms with Gasteiger partial charge in [-0.25, -0.2) is 0 Å². The molecule has 0 N–H and O–H groups in total. The normalized spacial score (nSPS) is 10.6. The van der Waals surface area contributed by atoms with E-state index in [4.69, 9.17) is 18.5 Å². The predicted molar refractivity (Wildman–Crippen MR) is 102 cm³/mol. The molecule has 3 aromatic carbocycles. The van der Waals surface area contributed by atoms with Crippen LogP contribution in [-0.2, 0) is 0 Å². The van der Waals surface area contributed by atoms with Crippen molar-refractivity contribution in [3.8, 4) is 23.3 Å². The number of benzene rings is 3. The molecule has 4 nitrogen and oxygen atoms in total. The first-order chi connectivity index (χ1) is 12.8. The highest BCUT2D eigenvalue weighted by atomic mass is 28.4. The number of rotatable bonds is 8. The van der Waals surface area contributed by atoms with Crippen LogP contribution in [0.5, 0.6) is 17.2 Å². The average Bonchev–Trinajstić information content (AvgIpc) is 2.69. The van der Waals surface area contributed by atoms with Gasteiger partial charge in [-0.2, -0.15) is 5.26 Å². The van der Waals surface area contributed by atoms with Gasteiger partial charge in [-0.05, 0) is 36.4 Å². The molecule has 26 heavy (non-hydrogen) atoms. The largest absolute Gasteiger partial charge is 0.700 e. The summed E-state index contributed by atoms with van der Waals surface area (Å²) in [6.07, 6.45) is 0.277. The fourth-order valence-electron chi connectivity index (χ4n) is 2.43. The molecule has 0 spiro atoms. The van der Waals surface area contributed by atoms with Crippen molar-refractivity contribution in [1.29, 1.82) is 5.26 Å². The van der Waals surface area contributed by atoms with Crippen LogP contribution >= 0.6 is 0 Å². The van der Waals surface area contributed by atoms with E-state index in [1.165, 1.54) is 0 Å². The lowest BCUT2D eigenvalue weighted by atomic mass is 10.3. The van der Waals surface area contributed by atoms with Crippen molar-refractivity contribution in [2.75, 3.05) is 0 Å². The van der Waals surface area contributed by atoms with Crippen LogP contribution in [0.25, 0.3) is 0 Å². The van der Waals surface area contributed by atoms with E-state index in [9.17, 15) is 0 Å². The molecule has 3 aromatic rings. The Hall–Kier alpha value is -3.23. The molecule has 0 saturated carbocycles. The molecule has 0 saturated heterocycles. The van der Waals surface area contributed by atoms with Crippen LogP contribution in [0.3, 0.4) is 0 Å². The minimum Gasteiger partial charge on any atom is -0.483 e. The third-order valence-electron chi connectivity index (χ3n) is 3.59. The Balaban J connectivity index is 1.96. The number of nitriles is 1. The van der Waals surface area contributed by atoms with Crippen LogP contribution in [0.2, 0.25) is 6.04 Å². The molecule has 0 fully saturated rings. The van der Waals surface area contributed by atoms with E-state index in [1.807, 2.05) is 91.0 Å². The lowest BCUT2D eigenvalue weighted by Gasteiger charge is -2.30. The molecule has 0 bridgehead atoms. The average molecular weight is 361 g/mol. The van der Waals surface area contributed by atoms with Crippen LogP contribution in [0.1, 0.15) is 6.42 Å². The highest BCUT2D eigenvalue weighted by Gasteiger charge is 2.49. The van der Waals surface area contributed by atoms with Gasteiger partial charge in [0, 0.05) is 6.42 Å². The zero-order valence-electron chi connectivity index (χ0n) is 14.2. The Bertz CT molecular complexity index is 734. The molecular formula is C21H19NO3Si. The number of hydrogen-bond donors (Lipinski definition) is 0. The first-order valence-corrected chi connectivity index (χ1v) is 10.3. The van der Waals surface area contributed by atoms with Crippen molar-refractivity contribution >= 4 is 8.80 Å². The van der Waals surface area contributed by atoms with Gasteiger partial charge in [-0.15, -0.1) is 0 Å². The van der Waals surface area contributed by atoms with Gasteiger partial charge in [-0.1, -0.05) is 54.6 Å². The third-order valence-corrected chi connectivity index (χ3v) is 6.10. The number of hydrogen-bond acceptors (Lipinski definition) is 4. The summed E-state index contributed by atoms with van der Waals surface area (Å²) in [5, 5.41) is 9.13. The van der Waals surface area contributed by atoms with Gasteiger partial charge in [0.15, 0.2) is 0 Å². The maximum Gasteiger partial charge on any atom is 0.700 e. The second-order valence-corrected chi connectivity index (χ2v) is 8.06. The zero-order chi connectivity index (χ0) is 18.1. The van der Waals surface area contributed by atoms with E-state index in [1.54, 1.807) is 0 Å². The topological polar surface area (TPSA) is 51.5 Å². The number of nitrogens with zero attached hydrogens (tertiary/aromatic N) is 1. The molecule has 3 rings (SSSR count). The van der Waals surface area contributed by atoms with Crippen molar-refractivity contribution in [2.45, 2.75) is 12.5 Å². The Morgan fingerprint density at radius 2 is 0.962 bits per heavy atom. The Morgan fingerprint density at radius 3 is 1.27 bits per heavy atom. The van der Waals surface area contributed by atoms with Crippen molar-refractivity contribution in [1.82, 2.24) is 0 Å². The van der Waals surface area contributed by atoms with E-state index in [2.05, 4.69) is 6.07 Å². The summed E-state index contributed by atoms with van der Waals surface area (Å²) >= 11 is 0. The van der Waals surface area contributed by atoms with Crippen LogP contribution in [0.15, 0.2) is 91.0 Å². The van der Waals surface area contributed by atoms with Crippen LogP contribution in [0, 0.1) is 11.3 Å². The van der Waals surface area contributed by atoms with Gasteiger partial charge >= 0.3 is 8.80 Å². The molecule has 0 aliphatic heterocycles. The zero-order valence-corrected chi connectivity index (χ0v) is 15.2. The quantitative estimate of drug-likeness (QED) is 0.525. The highest BCUT2D eigenvalue weighted by Crippen LogP contribution is 2.27. The molecular weight excluding hydrogens is 342 g/mol. The standard InChI is InChI=1S/C21H19NO3Si/c22-17-10-18-26(23-19-11-4-1-5-12-19,24-20-13-6-2-7-14-20)25-21-15-8-3-9-16-21/h1-9,11-16H,10,18H2. The molecule has 0 aliphatic rings. The Kier molecular flexibility index (Phi) is 5.91. The third kappa shape index (κ3) is 4.88. The lowest BCUT2D eigenvalue weighted by Crippen LogP contribution is -2.54. The molecule has 5 heteroatoms. The van der Waals surface area contributed by atoms with Crippen molar-refractivity contribution < 1.29 is 13.3 Å². The second kappa shape index (κ2) is 8.74. The predicted octanol–water partition coefficient (Wildman–Crippen LogP) is 5.08. The van der Waals surface area contributed by atoms with E-state index in [0.717, 1.165) is 0 Å². The van der Waals surface area contributed by atoms with E-state index in [0.29, 0.717) is 23.3 Å². The summed E-state index contributed by atoms with van der Waals surface area (Å²) in [7, 11) is -3.26. The van der Waals surface area contributed by atoms with E-state index in [-0.39, 0.29) is 6.42 Å². The van der Waals surface area contributed by atoms with Gasteiger partial charge in [0.2, 0.25) is 0 Å². The van der Waals surface area contributed by atoms with E-state index < -0.39 is 8.80 Å². The van der Waals surface area contributed by atoms with Gasteiger partial charge in [-0.3, -0.25) is 0 Å². The van der Waals surface area contributed by atoms with Gasteiger partial charge in [0.1, 0.15) is 17.2 Å². The van der Waals surface area contributed by atoms with Crippen LogP contribution < -0.4 is 13.3 Å². The maximum absolute atomic E-state index is 9.13. The summed E-state index contributed by atoms with van der Waals surface area (Å²) < 4.78 is 18.8. The number of para-hydroxylation sites is 3.